The number of ether oxygens (including phenoxy) is 1. The molecular formula is C23H29FO2. The molecule has 0 radical (unpaired) electrons. The average molecular weight is 356 g/mol. The fraction of sp³-hybridized carbons (Fsp3) is 0.391. The van der Waals surface area contributed by atoms with Crippen molar-refractivity contribution in [3.8, 4) is 16.9 Å². The zero-order valence-electron chi connectivity index (χ0n) is 16.3. The van der Waals surface area contributed by atoms with Gasteiger partial charge in [-0.15, -0.1) is 6.58 Å². The van der Waals surface area contributed by atoms with Crippen molar-refractivity contribution in [1.82, 2.24) is 0 Å². The summed E-state index contributed by atoms with van der Waals surface area (Å²) in [6, 6.07) is 10.5. The fourth-order valence-electron chi connectivity index (χ4n) is 3.03. The summed E-state index contributed by atoms with van der Waals surface area (Å²) in [7, 11) is 1.55. The number of benzene rings is 2. The molecular weight excluding hydrogens is 327 g/mol. The van der Waals surface area contributed by atoms with Gasteiger partial charge in [-0.05, 0) is 47.2 Å². The molecule has 26 heavy (non-hydrogen) atoms. The molecule has 0 spiro atoms. The van der Waals surface area contributed by atoms with Crippen molar-refractivity contribution in [1.29, 1.82) is 0 Å². The predicted octanol–water partition coefficient (Wildman–Crippen LogP) is 5.95. The van der Waals surface area contributed by atoms with Crippen LogP contribution in [0.5, 0.6) is 5.75 Å². The lowest BCUT2D eigenvalue weighted by Gasteiger charge is -2.29. The highest BCUT2D eigenvalue weighted by Crippen LogP contribution is 2.41. The third-order valence-corrected chi connectivity index (χ3v) is 4.75. The van der Waals surface area contributed by atoms with Crippen molar-refractivity contribution < 1.29 is 14.2 Å². The van der Waals surface area contributed by atoms with Crippen molar-refractivity contribution in [2.45, 2.75) is 40.2 Å². The van der Waals surface area contributed by atoms with E-state index < -0.39 is 11.5 Å². The topological polar surface area (TPSA) is 29.5 Å². The van der Waals surface area contributed by atoms with Crippen molar-refractivity contribution in [2.24, 2.45) is 11.3 Å². The number of methoxy groups -OCH3 is 1. The van der Waals surface area contributed by atoms with Gasteiger partial charge in [0, 0.05) is 11.0 Å². The van der Waals surface area contributed by atoms with Crippen LogP contribution in [0.15, 0.2) is 49.1 Å². The summed E-state index contributed by atoms with van der Waals surface area (Å²) in [5, 5.41) is 11.0. The molecule has 2 rings (SSSR count). The van der Waals surface area contributed by atoms with E-state index in [1.54, 1.807) is 25.3 Å². The molecule has 2 aromatic carbocycles. The summed E-state index contributed by atoms with van der Waals surface area (Å²) in [6.45, 7) is 12.0. The minimum atomic E-state index is -0.798. The minimum Gasteiger partial charge on any atom is -0.497 e. The van der Waals surface area contributed by atoms with Crippen molar-refractivity contribution in [3.05, 3.63) is 66.0 Å². The Kier molecular flexibility index (Phi) is 6.25. The van der Waals surface area contributed by atoms with Gasteiger partial charge in [-0.1, -0.05) is 52.0 Å². The lowest BCUT2D eigenvalue weighted by atomic mass is 9.79. The second-order valence-electron chi connectivity index (χ2n) is 7.79. The monoisotopic (exact) mass is 356 g/mol. The summed E-state index contributed by atoms with van der Waals surface area (Å²) in [5.41, 5.74) is 2.40. The van der Waals surface area contributed by atoms with E-state index in [2.05, 4.69) is 20.4 Å². The molecule has 0 aromatic heterocycles. The molecule has 0 saturated carbocycles. The number of hydrogen-bond donors (Lipinski definition) is 1. The third-order valence-electron chi connectivity index (χ3n) is 4.75. The van der Waals surface area contributed by atoms with E-state index in [0.717, 1.165) is 12.0 Å². The normalized spacial score (nSPS) is 12.9. The van der Waals surface area contributed by atoms with Crippen LogP contribution in [0.25, 0.3) is 11.1 Å². The highest BCUT2D eigenvalue weighted by atomic mass is 19.1. The quantitative estimate of drug-likeness (QED) is 0.622. The minimum absolute atomic E-state index is 0.340. The Morgan fingerprint density at radius 1 is 1.15 bits per heavy atom. The van der Waals surface area contributed by atoms with Gasteiger partial charge in [0.25, 0.3) is 0 Å². The zero-order chi connectivity index (χ0) is 19.5. The Labute approximate surface area is 156 Å². The molecule has 0 aliphatic carbocycles. The van der Waals surface area contributed by atoms with E-state index in [0.29, 0.717) is 28.4 Å². The maximum atomic E-state index is 14.6. The maximum Gasteiger partial charge on any atom is 0.131 e. The zero-order valence-corrected chi connectivity index (χ0v) is 16.3. The standard InChI is InChI=1S/C23H29FO2/c1-7-23(4,5)22(25)20-13-16(12-15(2)3)8-10-18(20)19-14-17(26-6)9-11-21(19)24/h7-11,13-15,22,25H,1,12H2,2-6H3/t22-/m0/s1. The number of hydrogen-bond acceptors (Lipinski definition) is 2. The largest absolute Gasteiger partial charge is 0.497 e. The Morgan fingerprint density at radius 2 is 1.85 bits per heavy atom. The van der Waals surface area contributed by atoms with E-state index in [-0.39, 0.29) is 5.82 Å². The van der Waals surface area contributed by atoms with Crippen molar-refractivity contribution in [2.75, 3.05) is 7.11 Å². The van der Waals surface area contributed by atoms with Crippen LogP contribution in [0, 0.1) is 17.2 Å². The predicted molar refractivity (Wildman–Crippen MR) is 106 cm³/mol. The Balaban J connectivity index is 2.67. The van der Waals surface area contributed by atoms with E-state index in [4.69, 9.17) is 4.74 Å². The molecule has 0 heterocycles. The van der Waals surface area contributed by atoms with Crippen LogP contribution in [0.4, 0.5) is 4.39 Å². The van der Waals surface area contributed by atoms with Crippen LogP contribution in [-0.2, 0) is 6.42 Å². The van der Waals surface area contributed by atoms with Crippen LogP contribution in [0.2, 0.25) is 0 Å². The van der Waals surface area contributed by atoms with E-state index in [9.17, 15) is 9.50 Å². The number of halogens is 1. The lowest BCUT2D eigenvalue weighted by molar-refractivity contribution is 0.0826. The second kappa shape index (κ2) is 8.05. The van der Waals surface area contributed by atoms with Gasteiger partial charge >= 0.3 is 0 Å². The van der Waals surface area contributed by atoms with E-state index in [1.165, 1.54) is 6.07 Å². The third kappa shape index (κ3) is 4.34. The van der Waals surface area contributed by atoms with Gasteiger partial charge in [-0.3, -0.25) is 0 Å². The molecule has 140 valence electrons. The average Bonchev–Trinajstić information content (AvgIpc) is 2.61. The van der Waals surface area contributed by atoms with Gasteiger partial charge in [-0.25, -0.2) is 4.39 Å². The highest BCUT2D eigenvalue weighted by Gasteiger charge is 2.29. The lowest BCUT2D eigenvalue weighted by Crippen LogP contribution is -2.20. The maximum absolute atomic E-state index is 14.6. The van der Waals surface area contributed by atoms with Crippen LogP contribution < -0.4 is 4.74 Å². The molecule has 1 N–H and O–H groups in total. The number of aliphatic hydroxyl groups excluding tert-OH is 1. The molecule has 0 unspecified atom stereocenters. The van der Waals surface area contributed by atoms with Crippen LogP contribution in [-0.4, -0.2) is 12.2 Å². The first-order valence-electron chi connectivity index (χ1n) is 8.98. The fourth-order valence-corrected chi connectivity index (χ4v) is 3.03. The molecule has 0 bridgehead atoms. The first-order valence-corrected chi connectivity index (χ1v) is 8.98. The summed E-state index contributed by atoms with van der Waals surface area (Å²) >= 11 is 0. The van der Waals surface area contributed by atoms with Gasteiger partial charge in [0.2, 0.25) is 0 Å². The smallest absolute Gasteiger partial charge is 0.131 e. The van der Waals surface area contributed by atoms with Gasteiger partial charge in [0.15, 0.2) is 0 Å². The van der Waals surface area contributed by atoms with E-state index >= 15 is 0 Å². The molecule has 0 fully saturated rings. The first kappa shape index (κ1) is 20.2. The first-order chi connectivity index (χ1) is 12.2. The molecule has 0 aliphatic heterocycles. The SMILES string of the molecule is C=CC(C)(C)[C@@H](O)c1cc(CC(C)C)ccc1-c1cc(OC)ccc1F. The van der Waals surface area contributed by atoms with Crippen LogP contribution >= 0.6 is 0 Å². The van der Waals surface area contributed by atoms with Crippen molar-refractivity contribution >= 4 is 0 Å². The van der Waals surface area contributed by atoms with Gasteiger partial charge < -0.3 is 9.84 Å². The van der Waals surface area contributed by atoms with Crippen molar-refractivity contribution in [3.63, 3.8) is 0 Å². The summed E-state index contributed by atoms with van der Waals surface area (Å²) in [5.74, 6) is 0.732. The van der Waals surface area contributed by atoms with Gasteiger partial charge in [0.1, 0.15) is 11.6 Å². The molecule has 0 amide bonds. The molecule has 2 aromatic rings. The Hall–Kier alpha value is -2.13. The number of rotatable bonds is 7. The van der Waals surface area contributed by atoms with Crippen LogP contribution in [0.1, 0.15) is 44.9 Å². The molecule has 0 saturated heterocycles. The highest BCUT2D eigenvalue weighted by molar-refractivity contribution is 5.70. The van der Waals surface area contributed by atoms with Gasteiger partial charge in [0.05, 0.1) is 13.2 Å². The molecule has 1 atom stereocenters. The number of aliphatic hydroxyl groups is 1. The van der Waals surface area contributed by atoms with Gasteiger partial charge in [-0.2, -0.15) is 0 Å². The van der Waals surface area contributed by atoms with Crippen LogP contribution in [0.3, 0.4) is 0 Å². The molecule has 0 aliphatic rings. The Bertz CT molecular complexity index is 778. The summed E-state index contributed by atoms with van der Waals surface area (Å²) < 4.78 is 19.8. The second-order valence-corrected chi connectivity index (χ2v) is 7.79. The summed E-state index contributed by atoms with van der Waals surface area (Å²) in [6.07, 6.45) is 1.83. The van der Waals surface area contributed by atoms with E-state index in [1.807, 2.05) is 32.0 Å². The molecule has 3 heteroatoms. The molecule has 2 nitrogen and oxygen atoms in total. The summed E-state index contributed by atoms with van der Waals surface area (Å²) in [4.78, 5) is 0. The Morgan fingerprint density at radius 3 is 2.42 bits per heavy atom.